The second kappa shape index (κ2) is 5.96. The molecule has 24 heavy (non-hydrogen) atoms. The molecular formula is C17H11F3N2O2. The van der Waals surface area contributed by atoms with Crippen molar-refractivity contribution < 1.29 is 22.7 Å². The van der Waals surface area contributed by atoms with E-state index in [1.54, 1.807) is 0 Å². The Bertz CT molecular complexity index is 823. The van der Waals surface area contributed by atoms with Crippen LogP contribution in [0.4, 0.5) is 13.2 Å². The number of alkyl halides is 3. The lowest BCUT2D eigenvalue weighted by atomic mass is 9.92. The van der Waals surface area contributed by atoms with Crippen molar-refractivity contribution in [3.63, 3.8) is 0 Å². The zero-order chi connectivity index (χ0) is 17.3. The van der Waals surface area contributed by atoms with Crippen LogP contribution in [0.25, 0.3) is 0 Å². The molecule has 122 valence electrons. The van der Waals surface area contributed by atoms with E-state index in [2.05, 4.69) is 4.98 Å². The van der Waals surface area contributed by atoms with E-state index in [1.165, 1.54) is 24.3 Å². The molecule has 0 saturated carbocycles. The van der Waals surface area contributed by atoms with E-state index in [0.717, 1.165) is 12.1 Å². The lowest BCUT2D eigenvalue weighted by Gasteiger charge is -2.24. The Morgan fingerprint density at radius 1 is 1.17 bits per heavy atom. The van der Waals surface area contributed by atoms with E-state index in [-0.39, 0.29) is 23.6 Å². The van der Waals surface area contributed by atoms with Crippen LogP contribution in [-0.4, -0.2) is 10.8 Å². The summed E-state index contributed by atoms with van der Waals surface area (Å²) >= 11 is 0. The number of hydrogen-bond donors (Lipinski definition) is 0. The molecular weight excluding hydrogens is 321 g/mol. The highest BCUT2D eigenvalue weighted by Crippen LogP contribution is 2.34. The number of benzene rings is 1. The molecule has 0 spiro atoms. The van der Waals surface area contributed by atoms with Crippen molar-refractivity contribution in [2.75, 3.05) is 0 Å². The van der Waals surface area contributed by atoms with Crippen LogP contribution in [0.2, 0.25) is 0 Å². The second-order valence-corrected chi connectivity index (χ2v) is 5.33. The van der Waals surface area contributed by atoms with Crippen LogP contribution >= 0.6 is 0 Å². The third-order valence-electron chi connectivity index (χ3n) is 3.74. The average molecular weight is 332 g/mol. The molecule has 4 nitrogen and oxygen atoms in total. The lowest BCUT2D eigenvalue weighted by molar-refractivity contribution is -0.137. The summed E-state index contributed by atoms with van der Waals surface area (Å²) in [5.74, 6) is 0.159. The topological polar surface area (TPSA) is 63.0 Å². The first kappa shape index (κ1) is 16.0. The number of nitrogens with zero attached hydrogens (tertiary/aromatic N) is 2. The Hall–Kier alpha value is -2.88. The first-order valence-corrected chi connectivity index (χ1v) is 7.16. The van der Waals surface area contributed by atoms with Gasteiger partial charge in [0.05, 0.1) is 11.3 Å². The van der Waals surface area contributed by atoms with Gasteiger partial charge in [0.1, 0.15) is 23.6 Å². The van der Waals surface area contributed by atoms with Gasteiger partial charge in [0.15, 0.2) is 5.78 Å². The minimum absolute atomic E-state index is 0.0886. The van der Waals surface area contributed by atoms with Gasteiger partial charge in [0, 0.05) is 12.0 Å². The molecule has 0 aliphatic heterocycles. The summed E-state index contributed by atoms with van der Waals surface area (Å²) in [4.78, 5) is 16.1. The van der Waals surface area contributed by atoms with Crippen LogP contribution < -0.4 is 4.74 Å². The number of ether oxygens (including phenoxy) is 1. The number of hydrogen-bond acceptors (Lipinski definition) is 4. The fourth-order valence-corrected chi connectivity index (χ4v) is 2.55. The minimum Gasteiger partial charge on any atom is -0.484 e. The Balaban J connectivity index is 1.88. The molecule has 0 amide bonds. The zero-order valence-corrected chi connectivity index (χ0v) is 12.3. The molecule has 1 aromatic carbocycles. The lowest BCUT2D eigenvalue weighted by Crippen LogP contribution is -2.21. The van der Waals surface area contributed by atoms with Crippen molar-refractivity contribution >= 4 is 5.78 Å². The largest absolute Gasteiger partial charge is 0.484 e. The smallest absolute Gasteiger partial charge is 0.416 e. The molecule has 1 unspecified atom stereocenters. The maximum atomic E-state index is 12.6. The van der Waals surface area contributed by atoms with Gasteiger partial charge in [0.2, 0.25) is 0 Å². The molecule has 1 heterocycles. The molecule has 1 aromatic heterocycles. The van der Waals surface area contributed by atoms with E-state index in [4.69, 9.17) is 10.00 Å². The summed E-state index contributed by atoms with van der Waals surface area (Å²) in [6.07, 6.45) is -4.38. The molecule has 0 bridgehead atoms. The van der Waals surface area contributed by atoms with Crippen molar-refractivity contribution in [1.82, 2.24) is 4.98 Å². The van der Waals surface area contributed by atoms with Crippen molar-refractivity contribution in [2.45, 2.75) is 25.1 Å². The van der Waals surface area contributed by atoms with E-state index >= 15 is 0 Å². The van der Waals surface area contributed by atoms with Crippen LogP contribution in [0.5, 0.6) is 5.75 Å². The normalized spacial score (nSPS) is 17.1. The molecule has 0 saturated heterocycles. The predicted octanol–water partition coefficient (Wildman–Crippen LogP) is 4.07. The highest BCUT2D eigenvalue weighted by molar-refractivity contribution is 5.98. The van der Waals surface area contributed by atoms with Gasteiger partial charge in [-0.2, -0.15) is 18.4 Å². The molecule has 1 aliphatic rings. The maximum absolute atomic E-state index is 12.6. The predicted molar refractivity (Wildman–Crippen MR) is 77.3 cm³/mol. The average Bonchev–Trinajstić information content (AvgIpc) is 2.57. The van der Waals surface area contributed by atoms with E-state index in [1.807, 2.05) is 6.07 Å². The van der Waals surface area contributed by atoms with Crippen LogP contribution in [0.3, 0.4) is 0 Å². The fraction of sp³-hybridized carbons (Fsp3) is 0.235. The third-order valence-corrected chi connectivity index (χ3v) is 3.74. The number of ketones is 1. The Labute approximate surface area is 135 Å². The summed E-state index contributed by atoms with van der Waals surface area (Å²) < 4.78 is 43.5. The Morgan fingerprint density at radius 2 is 1.88 bits per heavy atom. The molecule has 7 heteroatoms. The number of halogens is 3. The zero-order valence-electron chi connectivity index (χ0n) is 12.3. The van der Waals surface area contributed by atoms with Gasteiger partial charge < -0.3 is 4.74 Å². The Morgan fingerprint density at radius 3 is 2.50 bits per heavy atom. The van der Waals surface area contributed by atoms with Gasteiger partial charge in [-0.25, -0.2) is 4.98 Å². The first-order chi connectivity index (χ1) is 11.4. The molecule has 0 fully saturated rings. The number of carbonyl (C=O) groups excluding carboxylic acids is 1. The number of fused-ring (bicyclic) bond motifs is 1. The fourth-order valence-electron chi connectivity index (χ4n) is 2.55. The van der Waals surface area contributed by atoms with Gasteiger partial charge in [0.25, 0.3) is 0 Å². The highest BCUT2D eigenvalue weighted by atomic mass is 19.4. The summed E-state index contributed by atoms with van der Waals surface area (Å²) in [5, 5.41) is 8.94. The van der Waals surface area contributed by atoms with E-state index < -0.39 is 17.8 Å². The van der Waals surface area contributed by atoms with E-state index in [9.17, 15) is 18.0 Å². The summed E-state index contributed by atoms with van der Waals surface area (Å²) in [6, 6.07) is 9.21. The number of nitriles is 1. The quantitative estimate of drug-likeness (QED) is 0.832. The second-order valence-electron chi connectivity index (χ2n) is 5.33. The van der Waals surface area contributed by atoms with Crippen molar-refractivity contribution in [2.24, 2.45) is 0 Å². The minimum atomic E-state index is -4.41. The van der Waals surface area contributed by atoms with Gasteiger partial charge in [-0.1, -0.05) is 0 Å². The van der Waals surface area contributed by atoms with E-state index in [0.29, 0.717) is 17.7 Å². The standard InChI is InChI=1S/C17H11F3N2O2/c18-17(19,20)10-1-4-12(5-2-10)24-15-8-7-14(23)13-6-3-11(9-21)22-16(13)15/h1-6,15H,7-8H2. The van der Waals surface area contributed by atoms with Gasteiger partial charge >= 0.3 is 6.18 Å². The van der Waals surface area contributed by atoms with Crippen LogP contribution in [-0.2, 0) is 6.18 Å². The van der Waals surface area contributed by atoms with Crippen molar-refractivity contribution in [3.05, 3.63) is 58.9 Å². The third kappa shape index (κ3) is 3.08. The van der Waals surface area contributed by atoms with Crippen molar-refractivity contribution in [3.8, 4) is 11.8 Å². The summed E-state index contributed by atoms with van der Waals surface area (Å²) in [5.41, 5.74) is 0.130. The molecule has 3 rings (SSSR count). The highest BCUT2D eigenvalue weighted by Gasteiger charge is 2.31. The number of carbonyl (C=O) groups is 1. The molecule has 0 N–H and O–H groups in total. The number of aromatic nitrogens is 1. The van der Waals surface area contributed by atoms with Gasteiger partial charge in [-0.05, 0) is 42.8 Å². The summed E-state index contributed by atoms with van der Waals surface area (Å²) in [7, 11) is 0. The molecule has 0 radical (unpaired) electrons. The SMILES string of the molecule is N#Cc1ccc2c(n1)C(Oc1ccc(C(F)(F)F)cc1)CCC2=O. The van der Waals surface area contributed by atoms with Crippen molar-refractivity contribution in [1.29, 1.82) is 5.26 Å². The van der Waals surface area contributed by atoms with Gasteiger partial charge in [-0.15, -0.1) is 0 Å². The van der Waals surface area contributed by atoms with Crippen LogP contribution in [0, 0.1) is 11.3 Å². The molecule has 1 atom stereocenters. The number of Topliss-reactive ketones (excluding diaryl/α,β-unsaturated/α-hetero) is 1. The van der Waals surface area contributed by atoms with Gasteiger partial charge in [-0.3, -0.25) is 4.79 Å². The van der Waals surface area contributed by atoms with Crippen LogP contribution in [0.1, 0.15) is 46.3 Å². The molecule has 1 aliphatic carbocycles. The first-order valence-electron chi connectivity index (χ1n) is 7.16. The number of pyridine rings is 1. The monoisotopic (exact) mass is 332 g/mol. The van der Waals surface area contributed by atoms with Crippen LogP contribution in [0.15, 0.2) is 36.4 Å². The summed E-state index contributed by atoms with van der Waals surface area (Å²) in [6.45, 7) is 0. The molecule has 2 aromatic rings. The maximum Gasteiger partial charge on any atom is 0.416 e. The number of rotatable bonds is 2. The Kier molecular flexibility index (Phi) is 3.97.